The van der Waals surface area contributed by atoms with E-state index in [2.05, 4.69) is 34.6 Å². The van der Waals surface area contributed by atoms with Crippen molar-refractivity contribution >= 4 is 34.7 Å². The summed E-state index contributed by atoms with van der Waals surface area (Å²) in [6.07, 6.45) is 1.69. The van der Waals surface area contributed by atoms with Crippen molar-refractivity contribution in [1.29, 1.82) is 0 Å². The number of aromatic nitrogens is 3. The van der Waals surface area contributed by atoms with E-state index in [1.165, 1.54) is 22.2 Å². The van der Waals surface area contributed by atoms with Crippen LogP contribution in [-0.2, 0) is 24.7 Å². The zero-order valence-electron chi connectivity index (χ0n) is 14.8. The Morgan fingerprint density at radius 2 is 2.12 bits per heavy atom. The molecule has 134 valence electrons. The van der Waals surface area contributed by atoms with Gasteiger partial charge in [0.05, 0.1) is 5.75 Å². The van der Waals surface area contributed by atoms with Crippen molar-refractivity contribution in [3.8, 4) is 0 Å². The smallest absolute Gasteiger partial charge is 0.237 e. The summed E-state index contributed by atoms with van der Waals surface area (Å²) in [7, 11) is 1.96. The zero-order chi connectivity index (χ0) is 18.1. The van der Waals surface area contributed by atoms with E-state index >= 15 is 0 Å². The fourth-order valence-electron chi connectivity index (χ4n) is 3.34. The molecule has 4 rings (SSSR count). The Hall–Kier alpha value is -2.12. The van der Waals surface area contributed by atoms with Gasteiger partial charge in [0, 0.05) is 30.1 Å². The molecule has 1 aliphatic heterocycles. The van der Waals surface area contributed by atoms with E-state index in [0.717, 1.165) is 29.5 Å². The van der Waals surface area contributed by atoms with Crippen LogP contribution in [0.3, 0.4) is 0 Å². The van der Waals surface area contributed by atoms with Crippen LogP contribution in [0, 0.1) is 0 Å². The Bertz CT molecular complexity index is 920. The zero-order valence-corrected chi connectivity index (χ0v) is 16.4. The molecule has 0 saturated heterocycles. The minimum atomic E-state index is 0.121. The van der Waals surface area contributed by atoms with Crippen molar-refractivity contribution in [2.45, 2.75) is 31.0 Å². The highest BCUT2D eigenvalue weighted by molar-refractivity contribution is 7.99. The molecule has 0 saturated carbocycles. The first-order valence-electron chi connectivity index (χ1n) is 8.57. The van der Waals surface area contributed by atoms with Gasteiger partial charge in [0.25, 0.3) is 0 Å². The maximum Gasteiger partial charge on any atom is 0.237 e. The van der Waals surface area contributed by atoms with E-state index in [1.807, 2.05) is 40.8 Å². The summed E-state index contributed by atoms with van der Waals surface area (Å²) in [6.45, 7) is 2.10. The van der Waals surface area contributed by atoms with Crippen LogP contribution in [0.25, 0.3) is 0 Å². The first kappa shape index (κ1) is 17.3. The highest BCUT2D eigenvalue weighted by Crippen LogP contribution is 2.32. The fraction of sp³-hybridized carbons (Fsp3) is 0.316. The Kier molecular flexibility index (Phi) is 4.82. The number of amides is 1. The lowest BCUT2D eigenvalue weighted by Gasteiger charge is -2.22. The molecule has 3 aromatic rings. The molecule has 1 atom stereocenters. The van der Waals surface area contributed by atoms with Crippen molar-refractivity contribution in [3.05, 3.63) is 58.0 Å². The molecule has 0 radical (unpaired) electrons. The highest BCUT2D eigenvalue weighted by Gasteiger charge is 2.30. The molecule has 26 heavy (non-hydrogen) atoms. The minimum absolute atomic E-state index is 0.121. The van der Waals surface area contributed by atoms with E-state index in [4.69, 9.17) is 0 Å². The van der Waals surface area contributed by atoms with Crippen LogP contribution in [0.1, 0.15) is 23.2 Å². The molecule has 2 aromatic heterocycles. The number of rotatable bonds is 5. The quantitative estimate of drug-likeness (QED) is 0.632. The first-order chi connectivity index (χ1) is 12.6. The normalized spacial score (nSPS) is 16.1. The van der Waals surface area contributed by atoms with Crippen LogP contribution in [0.5, 0.6) is 0 Å². The van der Waals surface area contributed by atoms with Gasteiger partial charge < -0.3 is 9.47 Å². The Morgan fingerprint density at radius 1 is 1.27 bits per heavy atom. The topological polar surface area (TPSA) is 51.0 Å². The van der Waals surface area contributed by atoms with Crippen LogP contribution < -0.4 is 4.90 Å². The Morgan fingerprint density at radius 3 is 2.92 bits per heavy atom. The van der Waals surface area contributed by atoms with Gasteiger partial charge in [0.1, 0.15) is 5.82 Å². The highest BCUT2D eigenvalue weighted by atomic mass is 32.2. The fourth-order valence-corrected chi connectivity index (χ4v) is 4.83. The van der Waals surface area contributed by atoms with Crippen LogP contribution in [0.15, 0.2) is 46.9 Å². The summed E-state index contributed by atoms with van der Waals surface area (Å²) in [6, 6.07) is 12.5. The van der Waals surface area contributed by atoms with Crippen molar-refractivity contribution in [2.24, 2.45) is 7.05 Å². The molecule has 3 heterocycles. The number of para-hydroxylation sites is 1. The lowest BCUT2D eigenvalue weighted by molar-refractivity contribution is -0.116. The second-order valence-corrected chi connectivity index (χ2v) is 8.42. The maximum atomic E-state index is 12.8. The van der Waals surface area contributed by atoms with Gasteiger partial charge in [-0.25, -0.2) is 0 Å². The summed E-state index contributed by atoms with van der Waals surface area (Å²) in [5.74, 6) is 1.40. The van der Waals surface area contributed by atoms with Crippen LogP contribution in [0.4, 0.5) is 5.69 Å². The number of fused-ring (bicyclic) bond motifs is 1. The summed E-state index contributed by atoms with van der Waals surface area (Å²) in [4.78, 5) is 16.0. The molecule has 1 unspecified atom stereocenters. The number of thiophene rings is 1. The van der Waals surface area contributed by atoms with Gasteiger partial charge in [-0.2, -0.15) is 0 Å². The van der Waals surface area contributed by atoms with Crippen LogP contribution in [0.2, 0.25) is 0 Å². The second-order valence-electron chi connectivity index (χ2n) is 6.45. The molecule has 1 aromatic carbocycles. The number of hydrogen-bond donors (Lipinski definition) is 0. The molecule has 0 fully saturated rings. The second kappa shape index (κ2) is 7.25. The van der Waals surface area contributed by atoms with Crippen molar-refractivity contribution in [3.63, 3.8) is 0 Å². The van der Waals surface area contributed by atoms with Gasteiger partial charge in [-0.1, -0.05) is 36.0 Å². The van der Waals surface area contributed by atoms with Gasteiger partial charge in [-0.05, 0) is 36.4 Å². The summed E-state index contributed by atoms with van der Waals surface area (Å²) in [5.41, 5.74) is 2.29. The molecule has 0 aliphatic carbocycles. The largest absolute Gasteiger partial charge is 0.309 e. The summed E-state index contributed by atoms with van der Waals surface area (Å²) in [5, 5.41) is 11.4. The van der Waals surface area contributed by atoms with Crippen molar-refractivity contribution in [2.75, 3.05) is 10.7 Å². The third kappa shape index (κ3) is 3.29. The summed E-state index contributed by atoms with van der Waals surface area (Å²) >= 11 is 3.17. The Labute approximate surface area is 161 Å². The molecule has 7 heteroatoms. The monoisotopic (exact) mass is 384 g/mol. The molecular formula is C19H20N4OS2. The molecule has 0 N–H and O–H groups in total. The van der Waals surface area contributed by atoms with Gasteiger partial charge in [0.2, 0.25) is 5.91 Å². The number of carbonyl (C=O) groups excluding carboxylic acids is 1. The number of nitrogens with zero attached hydrogens (tertiary/aromatic N) is 4. The van der Waals surface area contributed by atoms with E-state index in [1.54, 1.807) is 11.3 Å². The minimum Gasteiger partial charge on any atom is -0.309 e. The lowest BCUT2D eigenvalue weighted by Crippen LogP contribution is -2.37. The van der Waals surface area contributed by atoms with Crippen molar-refractivity contribution < 1.29 is 4.79 Å². The molecule has 0 spiro atoms. The van der Waals surface area contributed by atoms with E-state index in [0.29, 0.717) is 5.75 Å². The first-order valence-corrected chi connectivity index (χ1v) is 10.4. The third-order valence-electron chi connectivity index (χ3n) is 4.64. The molecule has 5 nitrogen and oxygen atoms in total. The third-order valence-corrected chi connectivity index (χ3v) is 6.52. The van der Waals surface area contributed by atoms with E-state index in [-0.39, 0.29) is 11.9 Å². The number of thioether (sulfide) groups is 1. The number of benzene rings is 1. The number of carbonyl (C=O) groups is 1. The van der Waals surface area contributed by atoms with E-state index < -0.39 is 0 Å². The standard InChI is InChI=1S/C19H20N4OS2/c1-13-10-14-6-3-4-8-16(14)23(13)18(24)12-26-19-21-20-17(22(19)2)11-15-7-5-9-25-15/h3-9,13H,10-12H2,1-2H3. The SMILES string of the molecule is CC1Cc2ccccc2N1C(=O)CSc1nnc(Cc2cccs2)n1C. The van der Waals surface area contributed by atoms with Crippen LogP contribution in [-0.4, -0.2) is 32.5 Å². The number of anilines is 1. The number of hydrogen-bond acceptors (Lipinski definition) is 5. The Balaban J connectivity index is 1.43. The molecular weight excluding hydrogens is 364 g/mol. The molecule has 0 bridgehead atoms. The van der Waals surface area contributed by atoms with Gasteiger partial charge in [0.15, 0.2) is 5.16 Å². The average Bonchev–Trinajstić information content (AvgIpc) is 3.33. The van der Waals surface area contributed by atoms with Crippen molar-refractivity contribution in [1.82, 2.24) is 14.8 Å². The lowest BCUT2D eigenvalue weighted by atomic mass is 10.1. The van der Waals surface area contributed by atoms with E-state index in [9.17, 15) is 4.79 Å². The van der Waals surface area contributed by atoms with Gasteiger partial charge >= 0.3 is 0 Å². The van der Waals surface area contributed by atoms with Gasteiger partial charge in [-0.3, -0.25) is 4.79 Å². The summed E-state index contributed by atoms with van der Waals surface area (Å²) < 4.78 is 1.99. The molecule has 1 amide bonds. The molecule has 1 aliphatic rings. The predicted molar refractivity (Wildman–Crippen MR) is 106 cm³/mol. The predicted octanol–water partition coefficient (Wildman–Crippen LogP) is 3.54. The average molecular weight is 385 g/mol. The maximum absolute atomic E-state index is 12.8. The van der Waals surface area contributed by atoms with Crippen LogP contribution >= 0.6 is 23.1 Å². The van der Waals surface area contributed by atoms with Gasteiger partial charge in [-0.15, -0.1) is 21.5 Å².